The molecule has 1 aliphatic rings. The van der Waals surface area contributed by atoms with Crippen LogP contribution in [-0.4, -0.2) is 44.7 Å². The Morgan fingerprint density at radius 2 is 1.74 bits per heavy atom. The summed E-state index contributed by atoms with van der Waals surface area (Å²) >= 11 is 1.11. The second-order valence-corrected chi connectivity index (χ2v) is 12.4. The van der Waals surface area contributed by atoms with Crippen LogP contribution in [0.4, 0.5) is 4.39 Å². The van der Waals surface area contributed by atoms with Gasteiger partial charge in [-0.15, -0.1) is 6.42 Å². The van der Waals surface area contributed by atoms with E-state index in [9.17, 15) is 26.0 Å². The van der Waals surface area contributed by atoms with Gasteiger partial charge < -0.3 is 4.57 Å². The molecule has 0 unspecified atom stereocenters. The lowest BCUT2D eigenvalue weighted by molar-refractivity contribution is -0.122. The Bertz CT molecular complexity index is 1610. The molecule has 9 nitrogen and oxygen atoms in total. The summed E-state index contributed by atoms with van der Waals surface area (Å²) in [7, 11) is -7.70. The van der Waals surface area contributed by atoms with E-state index in [0.29, 0.717) is 15.0 Å². The lowest BCUT2D eigenvalue weighted by Gasteiger charge is -2.29. The Kier molecular flexibility index (Phi) is 6.94. The van der Waals surface area contributed by atoms with Gasteiger partial charge in [0, 0.05) is 19.0 Å². The minimum atomic E-state index is -3.90. The predicted octanol–water partition coefficient (Wildman–Crippen LogP) is 1.65. The Labute approximate surface area is 205 Å². The Balaban J connectivity index is 1.57. The van der Waals surface area contributed by atoms with Crippen LogP contribution < -0.4 is 9.94 Å². The van der Waals surface area contributed by atoms with Crippen molar-refractivity contribution in [1.82, 2.24) is 8.87 Å². The number of carbonyl (C=O) groups excluding carboxylic acids is 1. The van der Waals surface area contributed by atoms with Crippen LogP contribution in [0.1, 0.15) is 12.8 Å². The molecule has 184 valence electrons. The van der Waals surface area contributed by atoms with Crippen LogP contribution in [0.25, 0.3) is 10.2 Å². The molecule has 0 aliphatic carbocycles. The van der Waals surface area contributed by atoms with Crippen molar-refractivity contribution in [3.05, 3.63) is 53.1 Å². The van der Waals surface area contributed by atoms with Crippen LogP contribution in [-0.2, 0) is 31.4 Å². The summed E-state index contributed by atoms with van der Waals surface area (Å²) in [4.78, 5) is 17.4. The summed E-state index contributed by atoms with van der Waals surface area (Å²) in [6.45, 7) is 0.370. The fourth-order valence-electron chi connectivity index (χ4n) is 3.84. The van der Waals surface area contributed by atoms with Gasteiger partial charge in [0.25, 0.3) is 5.91 Å². The number of amides is 1. The van der Waals surface area contributed by atoms with Gasteiger partial charge in [0.15, 0.2) is 4.80 Å². The Morgan fingerprint density at radius 3 is 2.34 bits per heavy atom. The van der Waals surface area contributed by atoms with Gasteiger partial charge in [-0.3, -0.25) is 4.79 Å². The first-order chi connectivity index (χ1) is 16.5. The van der Waals surface area contributed by atoms with E-state index in [2.05, 4.69) is 10.9 Å². The lowest BCUT2D eigenvalue weighted by Crippen LogP contribution is -2.40. The summed E-state index contributed by atoms with van der Waals surface area (Å²) in [5, 5.41) is 5.21. The van der Waals surface area contributed by atoms with Crippen LogP contribution >= 0.6 is 11.3 Å². The van der Waals surface area contributed by atoms with Gasteiger partial charge in [0.1, 0.15) is 5.82 Å². The highest BCUT2D eigenvalue weighted by molar-refractivity contribution is 7.89. The van der Waals surface area contributed by atoms with Gasteiger partial charge in [-0.05, 0) is 55.3 Å². The molecule has 4 rings (SSSR count). The van der Waals surface area contributed by atoms with Crippen molar-refractivity contribution >= 4 is 47.5 Å². The fourth-order valence-corrected chi connectivity index (χ4v) is 7.00. The maximum atomic E-state index is 13.2. The largest absolute Gasteiger partial charge is 0.305 e. The van der Waals surface area contributed by atoms with E-state index in [0.717, 1.165) is 23.5 Å². The molecule has 2 aromatic carbocycles. The number of carbonyl (C=O) groups is 1. The summed E-state index contributed by atoms with van der Waals surface area (Å²) in [5.41, 5.74) is 0.618. The Hall–Kier alpha value is -2.89. The number of halogens is 1. The third-order valence-corrected chi connectivity index (χ3v) is 9.56. The number of thiazole rings is 1. The maximum Gasteiger partial charge on any atom is 0.251 e. The van der Waals surface area contributed by atoms with E-state index in [-0.39, 0.29) is 42.3 Å². The van der Waals surface area contributed by atoms with E-state index < -0.39 is 37.7 Å². The molecule has 1 saturated heterocycles. The van der Waals surface area contributed by atoms with Crippen molar-refractivity contribution in [3.63, 3.8) is 0 Å². The number of aromatic nitrogens is 1. The Morgan fingerprint density at radius 1 is 1.11 bits per heavy atom. The molecular weight excluding hydrogens is 515 g/mol. The number of hydrogen-bond donors (Lipinski definition) is 1. The molecule has 2 N–H and O–H groups in total. The third kappa shape index (κ3) is 5.21. The zero-order chi connectivity index (χ0) is 25.4. The molecule has 0 saturated carbocycles. The molecule has 0 bridgehead atoms. The summed E-state index contributed by atoms with van der Waals surface area (Å²) < 4.78 is 65.6. The van der Waals surface area contributed by atoms with Crippen LogP contribution in [0.5, 0.6) is 0 Å². The molecular formula is C22H21FN4O5S3. The second kappa shape index (κ2) is 9.63. The van der Waals surface area contributed by atoms with E-state index in [1.807, 2.05) is 0 Å². The average Bonchev–Trinajstić information content (AvgIpc) is 3.15. The minimum Gasteiger partial charge on any atom is -0.305 e. The average molecular weight is 537 g/mol. The first kappa shape index (κ1) is 25.2. The fraction of sp³-hybridized carbons (Fsp3) is 0.273. The first-order valence-electron chi connectivity index (χ1n) is 10.4. The van der Waals surface area contributed by atoms with Crippen molar-refractivity contribution in [1.29, 1.82) is 0 Å². The monoisotopic (exact) mass is 536 g/mol. The van der Waals surface area contributed by atoms with Gasteiger partial charge in [-0.2, -0.15) is 9.30 Å². The molecule has 0 atom stereocenters. The second-order valence-electron chi connectivity index (χ2n) is 7.93. The molecule has 0 radical (unpaired) electrons. The molecule has 1 amide bonds. The number of primary sulfonamides is 1. The molecule has 1 fully saturated rings. The molecule has 13 heteroatoms. The topological polar surface area (TPSA) is 132 Å². The number of fused-ring (bicyclic) bond motifs is 1. The zero-order valence-corrected chi connectivity index (χ0v) is 20.7. The van der Waals surface area contributed by atoms with Gasteiger partial charge in [0.05, 0.1) is 26.6 Å². The molecule has 2 heterocycles. The number of nitrogens with zero attached hydrogens (tertiary/aromatic N) is 3. The number of sulfonamides is 2. The molecule has 35 heavy (non-hydrogen) atoms. The van der Waals surface area contributed by atoms with E-state index >= 15 is 0 Å². The van der Waals surface area contributed by atoms with Crippen LogP contribution in [0.15, 0.2) is 57.2 Å². The van der Waals surface area contributed by atoms with Crippen molar-refractivity contribution in [2.75, 3.05) is 13.1 Å². The predicted molar refractivity (Wildman–Crippen MR) is 128 cm³/mol. The highest BCUT2D eigenvalue weighted by Gasteiger charge is 2.32. The van der Waals surface area contributed by atoms with Crippen LogP contribution in [0.3, 0.4) is 0 Å². The van der Waals surface area contributed by atoms with Gasteiger partial charge in [0.2, 0.25) is 20.0 Å². The summed E-state index contributed by atoms with van der Waals surface area (Å²) in [5.74, 6) is 1.08. The van der Waals surface area contributed by atoms with Crippen LogP contribution in [0, 0.1) is 24.1 Å². The smallest absolute Gasteiger partial charge is 0.251 e. The maximum absolute atomic E-state index is 13.2. The zero-order valence-electron chi connectivity index (χ0n) is 18.3. The van der Waals surface area contributed by atoms with E-state index in [4.69, 9.17) is 11.6 Å². The standard InChI is InChI=1S/C22H21FN4O5S3/c1-2-11-27-19-8-7-18(34(24,29)30)14-20(19)33-22(27)25-21(28)15-9-12-26(13-10-15)35(31,32)17-5-3-16(23)4-6-17/h1,3-8,14-15H,9-13H2,(H2,24,29,30). The highest BCUT2D eigenvalue weighted by Crippen LogP contribution is 2.25. The summed E-state index contributed by atoms with van der Waals surface area (Å²) in [6.07, 6.45) is 6.03. The molecule has 1 aliphatic heterocycles. The normalized spacial score (nSPS) is 16.4. The molecule has 1 aromatic heterocycles. The number of hydrogen-bond acceptors (Lipinski definition) is 6. The summed E-state index contributed by atoms with van der Waals surface area (Å²) in [6, 6.07) is 8.93. The quantitative estimate of drug-likeness (QED) is 0.496. The molecule has 0 spiro atoms. The van der Waals surface area contributed by atoms with Gasteiger partial charge in [-0.1, -0.05) is 17.3 Å². The minimum absolute atomic E-state index is 0.00664. The number of terminal acetylenes is 1. The van der Waals surface area contributed by atoms with E-state index in [1.54, 1.807) is 10.6 Å². The first-order valence-corrected chi connectivity index (χ1v) is 14.2. The van der Waals surface area contributed by atoms with Gasteiger partial charge >= 0.3 is 0 Å². The highest BCUT2D eigenvalue weighted by atomic mass is 32.2. The van der Waals surface area contributed by atoms with Crippen molar-refractivity contribution in [2.24, 2.45) is 16.0 Å². The van der Waals surface area contributed by atoms with Crippen molar-refractivity contribution in [3.8, 4) is 12.3 Å². The third-order valence-electron chi connectivity index (χ3n) is 5.69. The van der Waals surface area contributed by atoms with E-state index in [1.165, 1.54) is 28.6 Å². The number of rotatable bonds is 5. The van der Waals surface area contributed by atoms with Crippen molar-refractivity contribution < 1.29 is 26.0 Å². The van der Waals surface area contributed by atoms with Crippen LogP contribution in [0.2, 0.25) is 0 Å². The number of piperidine rings is 1. The molecule has 3 aromatic rings. The van der Waals surface area contributed by atoms with Crippen molar-refractivity contribution in [2.45, 2.75) is 29.2 Å². The number of nitrogens with two attached hydrogens (primary N) is 1. The SMILES string of the molecule is C#CCn1c(=NC(=O)C2CCN(S(=O)(=O)c3ccc(F)cc3)CC2)sc2cc(S(N)(=O)=O)ccc21. The van der Waals surface area contributed by atoms with Gasteiger partial charge in [-0.25, -0.2) is 26.4 Å². The number of benzene rings is 2. The lowest BCUT2D eigenvalue weighted by atomic mass is 9.98.